The van der Waals surface area contributed by atoms with Crippen LogP contribution >= 0.6 is 0 Å². The summed E-state index contributed by atoms with van der Waals surface area (Å²) in [6.45, 7) is 6.13. The summed E-state index contributed by atoms with van der Waals surface area (Å²) in [5, 5.41) is 13.1. The average molecular weight is 283 g/mol. The molecule has 116 valence electrons. The Hall–Kier alpha value is -0.650. The van der Waals surface area contributed by atoms with Gasteiger partial charge < -0.3 is 15.3 Å². The van der Waals surface area contributed by atoms with Crippen LogP contribution in [0.2, 0.25) is 0 Å². The van der Waals surface area contributed by atoms with Crippen LogP contribution < -0.4 is 5.32 Å². The molecule has 0 aromatic carbocycles. The normalized spacial score (nSPS) is 23.0. The van der Waals surface area contributed by atoms with E-state index in [1.165, 1.54) is 12.8 Å². The van der Waals surface area contributed by atoms with E-state index in [1.54, 1.807) is 0 Å². The molecule has 2 N–H and O–H groups in total. The van der Waals surface area contributed by atoms with E-state index in [-0.39, 0.29) is 12.0 Å². The second-order valence-electron chi connectivity index (χ2n) is 6.68. The Morgan fingerprint density at radius 2 is 2.00 bits per heavy atom. The summed E-state index contributed by atoms with van der Waals surface area (Å²) in [5.74, 6) is 0.895. The lowest BCUT2D eigenvalue weighted by molar-refractivity contribution is -0.122. The number of hydrogen-bond donors (Lipinski definition) is 2. The van der Waals surface area contributed by atoms with Crippen molar-refractivity contribution in [1.29, 1.82) is 0 Å². The van der Waals surface area contributed by atoms with Crippen molar-refractivity contribution in [2.75, 3.05) is 39.8 Å². The highest BCUT2D eigenvalue weighted by Crippen LogP contribution is 2.18. The van der Waals surface area contributed by atoms with Gasteiger partial charge in [-0.05, 0) is 51.7 Å². The van der Waals surface area contributed by atoms with Crippen molar-refractivity contribution >= 4 is 5.91 Å². The van der Waals surface area contributed by atoms with E-state index in [1.807, 2.05) is 11.9 Å². The Morgan fingerprint density at radius 3 is 2.60 bits per heavy atom. The standard InChI is InChI=1S/C15H29N3O2/c1-12-5-7-18(8-6-12)10-14(19)9-17(2)11-15(20)16-13-3-4-13/h12-14,19H,3-11H2,1-2H3,(H,16,20). The fraction of sp³-hybridized carbons (Fsp3) is 0.933. The van der Waals surface area contributed by atoms with Gasteiger partial charge >= 0.3 is 0 Å². The van der Waals surface area contributed by atoms with Crippen LogP contribution in [0.3, 0.4) is 0 Å². The number of amides is 1. The van der Waals surface area contributed by atoms with Crippen LogP contribution in [0.15, 0.2) is 0 Å². The molecule has 1 saturated carbocycles. The number of piperidine rings is 1. The molecule has 1 aliphatic heterocycles. The zero-order chi connectivity index (χ0) is 14.5. The van der Waals surface area contributed by atoms with Gasteiger partial charge in [-0.15, -0.1) is 0 Å². The van der Waals surface area contributed by atoms with Gasteiger partial charge in [0, 0.05) is 19.1 Å². The maximum absolute atomic E-state index is 11.7. The van der Waals surface area contributed by atoms with E-state index in [9.17, 15) is 9.90 Å². The predicted octanol–water partition coefficient (Wildman–Crippen LogP) is 0.290. The Morgan fingerprint density at radius 1 is 1.35 bits per heavy atom. The number of β-amino-alcohol motifs (C(OH)–C–C–N with tert-alkyl or cyclic N) is 1. The highest BCUT2D eigenvalue weighted by molar-refractivity contribution is 5.78. The fourth-order valence-electron chi connectivity index (χ4n) is 2.77. The van der Waals surface area contributed by atoms with E-state index in [0.29, 0.717) is 19.1 Å². The molecule has 2 aliphatic rings. The average Bonchev–Trinajstić information content (AvgIpc) is 3.15. The molecule has 1 unspecified atom stereocenters. The lowest BCUT2D eigenvalue weighted by Gasteiger charge is -2.32. The number of likely N-dealkylation sites (tertiary alicyclic amines) is 1. The third-order valence-electron chi connectivity index (χ3n) is 4.22. The molecule has 0 bridgehead atoms. The molecule has 1 aliphatic carbocycles. The van der Waals surface area contributed by atoms with E-state index in [4.69, 9.17) is 0 Å². The molecule has 5 heteroatoms. The van der Waals surface area contributed by atoms with Gasteiger partial charge in [0.1, 0.15) is 0 Å². The molecule has 1 atom stereocenters. The summed E-state index contributed by atoms with van der Waals surface area (Å²) in [5.41, 5.74) is 0. The van der Waals surface area contributed by atoms with Crippen molar-refractivity contribution in [3.8, 4) is 0 Å². The van der Waals surface area contributed by atoms with Gasteiger partial charge in [-0.3, -0.25) is 9.69 Å². The quantitative estimate of drug-likeness (QED) is 0.705. The first-order chi connectivity index (χ1) is 9.52. The zero-order valence-corrected chi connectivity index (χ0v) is 12.8. The lowest BCUT2D eigenvalue weighted by Crippen LogP contribution is -2.44. The second-order valence-corrected chi connectivity index (χ2v) is 6.68. The van der Waals surface area contributed by atoms with Gasteiger partial charge in [-0.1, -0.05) is 6.92 Å². The molecule has 1 amide bonds. The number of rotatable bonds is 7. The maximum atomic E-state index is 11.7. The number of carbonyl (C=O) groups excluding carboxylic acids is 1. The Bertz CT molecular complexity index is 312. The zero-order valence-electron chi connectivity index (χ0n) is 12.8. The van der Waals surface area contributed by atoms with E-state index in [0.717, 1.165) is 38.4 Å². The minimum Gasteiger partial charge on any atom is -0.390 e. The SMILES string of the molecule is CC1CCN(CC(O)CN(C)CC(=O)NC2CC2)CC1. The van der Waals surface area contributed by atoms with Crippen LogP contribution in [-0.4, -0.2) is 72.7 Å². The molecule has 0 aromatic rings. The Balaban J connectivity index is 1.60. The van der Waals surface area contributed by atoms with Crippen LogP contribution in [-0.2, 0) is 4.79 Å². The van der Waals surface area contributed by atoms with Gasteiger partial charge in [0.25, 0.3) is 0 Å². The third-order valence-corrected chi connectivity index (χ3v) is 4.22. The van der Waals surface area contributed by atoms with Crippen molar-refractivity contribution in [3.63, 3.8) is 0 Å². The monoisotopic (exact) mass is 283 g/mol. The third kappa shape index (κ3) is 5.77. The van der Waals surface area contributed by atoms with Gasteiger partial charge in [-0.25, -0.2) is 0 Å². The molecular formula is C15H29N3O2. The van der Waals surface area contributed by atoms with E-state index >= 15 is 0 Å². The summed E-state index contributed by atoms with van der Waals surface area (Å²) in [7, 11) is 1.90. The highest BCUT2D eigenvalue weighted by Gasteiger charge is 2.24. The molecule has 2 rings (SSSR count). The van der Waals surface area contributed by atoms with Gasteiger partial charge in [0.05, 0.1) is 12.6 Å². The highest BCUT2D eigenvalue weighted by atomic mass is 16.3. The summed E-state index contributed by atoms with van der Waals surface area (Å²) in [4.78, 5) is 15.9. The first-order valence-electron chi connectivity index (χ1n) is 7.91. The lowest BCUT2D eigenvalue weighted by atomic mass is 9.99. The topological polar surface area (TPSA) is 55.8 Å². The number of aliphatic hydroxyl groups excluding tert-OH is 1. The van der Waals surface area contributed by atoms with Crippen molar-refractivity contribution in [1.82, 2.24) is 15.1 Å². The van der Waals surface area contributed by atoms with Gasteiger partial charge in [0.2, 0.25) is 5.91 Å². The smallest absolute Gasteiger partial charge is 0.234 e. The fourth-order valence-corrected chi connectivity index (χ4v) is 2.77. The summed E-state index contributed by atoms with van der Waals surface area (Å²) < 4.78 is 0. The molecule has 20 heavy (non-hydrogen) atoms. The van der Waals surface area contributed by atoms with Crippen molar-refractivity contribution in [2.45, 2.75) is 44.8 Å². The van der Waals surface area contributed by atoms with Crippen LogP contribution in [0.5, 0.6) is 0 Å². The summed E-state index contributed by atoms with van der Waals surface area (Å²) in [6, 6.07) is 0.413. The molecule has 0 spiro atoms. The Kier molecular flexibility index (Phi) is 5.81. The largest absolute Gasteiger partial charge is 0.390 e. The molecule has 0 aromatic heterocycles. The van der Waals surface area contributed by atoms with Crippen LogP contribution in [0, 0.1) is 5.92 Å². The molecular weight excluding hydrogens is 254 g/mol. The second kappa shape index (κ2) is 7.38. The van der Waals surface area contributed by atoms with Crippen molar-refractivity contribution in [2.24, 2.45) is 5.92 Å². The maximum Gasteiger partial charge on any atom is 0.234 e. The summed E-state index contributed by atoms with van der Waals surface area (Å²) in [6.07, 6.45) is 4.32. The summed E-state index contributed by atoms with van der Waals surface area (Å²) >= 11 is 0. The van der Waals surface area contributed by atoms with Crippen molar-refractivity contribution < 1.29 is 9.90 Å². The number of nitrogens with zero attached hydrogens (tertiary/aromatic N) is 2. The van der Waals surface area contributed by atoms with E-state index < -0.39 is 0 Å². The predicted molar refractivity (Wildman–Crippen MR) is 79.5 cm³/mol. The van der Waals surface area contributed by atoms with Crippen molar-refractivity contribution in [3.05, 3.63) is 0 Å². The van der Waals surface area contributed by atoms with Crippen LogP contribution in [0.4, 0.5) is 0 Å². The van der Waals surface area contributed by atoms with E-state index in [2.05, 4.69) is 17.1 Å². The molecule has 1 saturated heterocycles. The number of aliphatic hydroxyl groups is 1. The van der Waals surface area contributed by atoms with Crippen LogP contribution in [0.25, 0.3) is 0 Å². The molecule has 2 fully saturated rings. The first-order valence-corrected chi connectivity index (χ1v) is 7.91. The van der Waals surface area contributed by atoms with Gasteiger partial charge in [-0.2, -0.15) is 0 Å². The number of nitrogens with one attached hydrogen (secondary N) is 1. The molecule has 5 nitrogen and oxygen atoms in total. The molecule has 1 heterocycles. The molecule has 0 radical (unpaired) electrons. The first kappa shape index (κ1) is 15.7. The minimum atomic E-state index is -0.373. The van der Waals surface area contributed by atoms with Gasteiger partial charge in [0.15, 0.2) is 0 Å². The van der Waals surface area contributed by atoms with Crippen LogP contribution in [0.1, 0.15) is 32.6 Å². The Labute approximate surface area is 122 Å². The number of carbonyl (C=O) groups is 1. The minimum absolute atomic E-state index is 0.0778. The number of hydrogen-bond acceptors (Lipinski definition) is 4. The number of likely N-dealkylation sites (N-methyl/N-ethyl adjacent to an activating group) is 1.